The van der Waals surface area contributed by atoms with Crippen LogP contribution in [0.2, 0.25) is 0 Å². The van der Waals surface area contributed by atoms with Crippen molar-refractivity contribution in [2.24, 2.45) is 0 Å². The fourth-order valence-corrected chi connectivity index (χ4v) is 3.04. The zero-order valence-electron chi connectivity index (χ0n) is 25.6. The second-order valence-electron chi connectivity index (χ2n) is 9.43. The normalized spacial score (nSPS) is 15.6. The second kappa shape index (κ2) is 32.7. The standard InChI is InChI=1S/C9H21NO4.C7H17NO2.C5H13NO2.C4H11NO/c1-10(4-8(11)6-13-2)5-9(12)7-14-3;1-6(9)4-8(3)5-7(2)10;1-6-3-5(7)4-8-2;1-4(6)3-5-2/h8-9,11-12H,4-7H2,1-3H3;6-7,9-10H,4-5H2,1-3H3;5-7H,3-4H2,1-2H3;4-6H,3H2,1-2H3/t;6-,7?;;4-/m.1.1/s1. The Morgan fingerprint density at radius 3 is 1.08 bits per heavy atom. The highest BCUT2D eigenvalue weighted by Crippen LogP contribution is 1.94. The Hall–Kier alpha value is -0.520. The fourth-order valence-electron chi connectivity index (χ4n) is 3.04. The van der Waals surface area contributed by atoms with E-state index in [-0.39, 0.29) is 24.4 Å². The molecule has 0 aliphatic rings. The van der Waals surface area contributed by atoms with Gasteiger partial charge in [0, 0.05) is 60.6 Å². The van der Waals surface area contributed by atoms with Crippen LogP contribution in [0.25, 0.3) is 0 Å². The van der Waals surface area contributed by atoms with E-state index in [0.29, 0.717) is 59.1 Å². The monoisotopic (exact) mass is 562 g/mol. The summed E-state index contributed by atoms with van der Waals surface area (Å²) in [6.07, 6.45) is -2.24. The lowest BCUT2D eigenvalue weighted by atomic mass is 10.3. The molecule has 0 bridgehead atoms. The van der Waals surface area contributed by atoms with Crippen LogP contribution in [-0.4, -0.2) is 186 Å². The van der Waals surface area contributed by atoms with Crippen LogP contribution >= 0.6 is 0 Å². The van der Waals surface area contributed by atoms with Gasteiger partial charge >= 0.3 is 0 Å². The molecular formula is C25H62N4O9. The molecule has 38 heavy (non-hydrogen) atoms. The van der Waals surface area contributed by atoms with E-state index < -0.39 is 12.2 Å². The number of hydrogen-bond donors (Lipinski definition) is 8. The predicted molar refractivity (Wildman–Crippen MR) is 152 cm³/mol. The van der Waals surface area contributed by atoms with Crippen molar-refractivity contribution in [3.63, 3.8) is 0 Å². The molecule has 6 atom stereocenters. The van der Waals surface area contributed by atoms with Crippen LogP contribution in [0, 0.1) is 0 Å². The molecule has 0 fully saturated rings. The van der Waals surface area contributed by atoms with Crippen LogP contribution in [0.1, 0.15) is 20.8 Å². The zero-order chi connectivity index (χ0) is 30.5. The van der Waals surface area contributed by atoms with Crippen molar-refractivity contribution in [1.29, 1.82) is 0 Å². The van der Waals surface area contributed by atoms with Gasteiger partial charge in [0.25, 0.3) is 0 Å². The summed E-state index contributed by atoms with van der Waals surface area (Å²) in [6.45, 7) is 9.71. The van der Waals surface area contributed by atoms with Crippen molar-refractivity contribution in [1.82, 2.24) is 20.4 Å². The van der Waals surface area contributed by atoms with E-state index in [1.807, 2.05) is 30.9 Å². The van der Waals surface area contributed by atoms with Gasteiger partial charge in [0.15, 0.2) is 0 Å². The number of hydrogen-bond acceptors (Lipinski definition) is 13. The summed E-state index contributed by atoms with van der Waals surface area (Å²) in [6, 6.07) is 0. The minimum absolute atomic E-state index is 0.213. The molecule has 0 rings (SSSR count). The first-order valence-electron chi connectivity index (χ1n) is 12.9. The smallest absolute Gasteiger partial charge is 0.0899 e. The molecule has 0 aromatic heterocycles. The van der Waals surface area contributed by atoms with Crippen molar-refractivity contribution in [2.45, 2.75) is 57.4 Å². The van der Waals surface area contributed by atoms with Crippen LogP contribution in [0.3, 0.4) is 0 Å². The van der Waals surface area contributed by atoms with E-state index in [9.17, 15) is 10.2 Å². The van der Waals surface area contributed by atoms with Gasteiger partial charge in [0.05, 0.1) is 56.4 Å². The topological polar surface area (TPSA) is 180 Å². The quantitative estimate of drug-likeness (QED) is 0.0873. The molecule has 0 heterocycles. The van der Waals surface area contributed by atoms with E-state index >= 15 is 0 Å². The summed E-state index contributed by atoms with van der Waals surface area (Å²) in [7, 11) is 12.0. The molecule has 0 amide bonds. The Morgan fingerprint density at radius 2 is 0.842 bits per heavy atom. The lowest BCUT2D eigenvalue weighted by Gasteiger charge is -2.22. The van der Waals surface area contributed by atoms with Crippen molar-refractivity contribution in [2.75, 3.05) is 109 Å². The molecule has 0 aromatic rings. The maximum atomic E-state index is 9.38. The number of likely N-dealkylation sites (N-methyl/N-ethyl adjacent to an activating group) is 4. The zero-order valence-corrected chi connectivity index (χ0v) is 25.6. The van der Waals surface area contributed by atoms with E-state index in [1.54, 1.807) is 49.1 Å². The number of methoxy groups -OCH3 is 3. The summed E-state index contributed by atoms with van der Waals surface area (Å²) < 4.78 is 14.3. The van der Waals surface area contributed by atoms with Gasteiger partial charge in [-0.15, -0.1) is 0 Å². The predicted octanol–water partition coefficient (Wildman–Crippen LogP) is -2.59. The summed E-state index contributed by atoms with van der Waals surface area (Å²) >= 11 is 0. The van der Waals surface area contributed by atoms with E-state index in [2.05, 4.69) is 15.4 Å². The van der Waals surface area contributed by atoms with E-state index in [1.165, 1.54) is 0 Å². The van der Waals surface area contributed by atoms with Gasteiger partial charge in [-0.1, -0.05) is 0 Å². The molecule has 0 aromatic carbocycles. The molecule has 13 heteroatoms. The lowest BCUT2D eigenvalue weighted by molar-refractivity contribution is 0.0141. The molecular weight excluding hydrogens is 500 g/mol. The number of rotatable bonds is 18. The van der Waals surface area contributed by atoms with Crippen LogP contribution < -0.4 is 10.6 Å². The highest BCUT2D eigenvalue weighted by Gasteiger charge is 2.11. The summed E-state index contributed by atoms with van der Waals surface area (Å²) in [4.78, 5) is 3.74. The number of aliphatic hydroxyl groups is 6. The van der Waals surface area contributed by atoms with Gasteiger partial charge in [-0.3, -0.25) is 0 Å². The first-order valence-corrected chi connectivity index (χ1v) is 12.9. The summed E-state index contributed by atoms with van der Waals surface area (Å²) in [5.41, 5.74) is 0. The first-order chi connectivity index (χ1) is 17.7. The van der Waals surface area contributed by atoms with Gasteiger partial charge in [0.2, 0.25) is 0 Å². The second-order valence-corrected chi connectivity index (χ2v) is 9.43. The first kappa shape index (κ1) is 44.5. The molecule has 0 saturated carbocycles. The molecule has 13 nitrogen and oxygen atoms in total. The third-order valence-electron chi connectivity index (χ3n) is 4.21. The molecule has 0 aliphatic heterocycles. The molecule has 4 unspecified atom stereocenters. The third kappa shape index (κ3) is 45.4. The number of aliphatic hydroxyl groups excluding tert-OH is 6. The van der Waals surface area contributed by atoms with Crippen LogP contribution in [0.4, 0.5) is 0 Å². The highest BCUT2D eigenvalue weighted by molar-refractivity contribution is 4.65. The largest absolute Gasteiger partial charge is 0.392 e. The molecule has 0 radical (unpaired) electrons. The average Bonchev–Trinajstić information content (AvgIpc) is 2.74. The Bertz CT molecular complexity index is 410. The van der Waals surface area contributed by atoms with E-state index in [0.717, 1.165) is 0 Å². The van der Waals surface area contributed by atoms with Crippen LogP contribution in [-0.2, 0) is 14.2 Å². The summed E-state index contributed by atoms with van der Waals surface area (Å²) in [5, 5.41) is 59.6. The molecule has 8 N–H and O–H groups in total. The summed E-state index contributed by atoms with van der Waals surface area (Å²) in [5.74, 6) is 0. The van der Waals surface area contributed by atoms with Crippen molar-refractivity contribution >= 4 is 0 Å². The lowest BCUT2D eigenvalue weighted by Crippen LogP contribution is -2.38. The number of nitrogens with one attached hydrogen (secondary N) is 2. The average molecular weight is 563 g/mol. The van der Waals surface area contributed by atoms with Crippen molar-refractivity contribution in [3.05, 3.63) is 0 Å². The maximum absolute atomic E-state index is 9.38. The van der Waals surface area contributed by atoms with Crippen molar-refractivity contribution in [3.8, 4) is 0 Å². The SMILES string of the molecule is CC(O)CN(C)C[C@@H](C)O.CNCC(O)COC.CNC[C@@H](C)O.COCC(O)CN(C)CC(O)COC. The van der Waals surface area contributed by atoms with Crippen molar-refractivity contribution < 1.29 is 44.8 Å². The van der Waals surface area contributed by atoms with Crippen LogP contribution in [0.5, 0.6) is 0 Å². The Kier molecular flexibility index (Phi) is 38.3. The molecule has 0 saturated heterocycles. The Balaban J connectivity index is -0.000000213. The number of nitrogens with zero attached hydrogens (tertiary/aromatic N) is 2. The van der Waals surface area contributed by atoms with Gasteiger partial charge in [0.1, 0.15) is 0 Å². The minimum atomic E-state index is -0.514. The Labute approximate surface area is 231 Å². The van der Waals surface area contributed by atoms with Gasteiger partial charge in [-0.05, 0) is 49.0 Å². The van der Waals surface area contributed by atoms with Gasteiger partial charge in [-0.2, -0.15) is 0 Å². The van der Waals surface area contributed by atoms with Crippen LogP contribution in [0.15, 0.2) is 0 Å². The van der Waals surface area contributed by atoms with Gasteiger partial charge < -0.3 is 65.3 Å². The maximum Gasteiger partial charge on any atom is 0.0899 e. The molecule has 236 valence electrons. The third-order valence-corrected chi connectivity index (χ3v) is 4.21. The fraction of sp³-hybridized carbons (Fsp3) is 1.00. The molecule has 0 spiro atoms. The van der Waals surface area contributed by atoms with Gasteiger partial charge in [-0.25, -0.2) is 0 Å². The molecule has 0 aliphatic carbocycles. The highest BCUT2D eigenvalue weighted by atomic mass is 16.5. The Morgan fingerprint density at radius 1 is 0.526 bits per heavy atom. The van der Waals surface area contributed by atoms with E-state index in [4.69, 9.17) is 29.9 Å². The number of ether oxygens (including phenoxy) is 3. The minimum Gasteiger partial charge on any atom is -0.392 e.